The van der Waals surface area contributed by atoms with Gasteiger partial charge in [0, 0.05) is 55.9 Å². The Balaban J connectivity index is 1.41. The van der Waals surface area contributed by atoms with Crippen LogP contribution < -0.4 is 10.6 Å². The van der Waals surface area contributed by atoms with Crippen molar-refractivity contribution >= 4 is 23.2 Å². The molecule has 1 unspecified atom stereocenters. The van der Waals surface area contributed by atoms with Crippen LogP contribution in [0.3, 0.4) is 0 Å². The van der Waals surface area contributed by atoms with Gasteiger partial charge in [0.05, 0.1) is 10.7 Å². The van der Waals surface area contributed by atoms with Crippen LogP contribution in [-0.4, -0.2) is 54.5 Å². The normalized spacial score (nSPS) is 21.4. The number of carbonyl (C=O) groups excluding carboxylic acids is 1. The molecule has 2 fully saturated rings. The average molecular weight is 420 g/mol. The lowest BCUT2D eigenvalue weighted by Gasteiger charge is -2.26. The van der Waals surface area contributed by atoms with Crippen molar-refractivity contribution in [3.8, 4) is 0 Å². The number of guanidine groups is 1. The van der Waals surface area contributed by atoms with Gasteiger partial charge in [0.1, 0.15) is 0 Å². The van der Waals surface area contributed by atoms with Crippen LogP contribution in [0.4, 0.5) is 0 Å². The van der Waals surface area contributed by atoms with Gasteiger partial charge in [0.25, 0.3) is 0 Å². The Bertz CT molecular complexity index is 702. The van der Waals surface area contributed by atoms with Gasteiger partial charge in [-0.1, -0.05) is 40.0 Å². The molecular formula is C22H37N5OS. The second kappa shape index (κ2) is 9.92. The Hall–Kier alpha value is -1.63. The topological polar surface area (TPSA) is 69.6 Å². The standard InChI is InChI=1S/C22H37N5OS/c1-22(2,3)18-15-29-19(26-18)10-12-24-21(23-4)25-17-11-13-27(14-17)20(28)16-8-6-5-7-9-16/h15-17H,5-14H2,1-4H3,(H2,23,24,25). The molecule has 1 aliphatic carbocycles. The van der Waals surface area contributed by atoms with Crippen molar-refractivity contribution < 1.29 is 4.79 Å². The molecule has 6 nitrogen and oxygen atoms in total. The molecule has 0 aromatic carbocycles. The summed E-state index contributed by atoms with van der Waals surface area (Å²) in [4.78, 5) is 23.9. The van der Waals surface area contributed by atoms with Gasteiger partial charge in [0.15, 0.2) is 5.96 Å². The number of likely N-dealkylation sites (tertiary alicyclic amines) is 1. The lowest BCUT2D eigenvalue weighted by atomic mass is 9.88. The molecule has 2 heterocycles. The van der Waals surface area contributed by atoms with Crippen LogP contribution in [0.25, 0.3) is 0 Å². The minimum Gasteiger partial charge on any atom is -0.356 e. The minimum atomic E-state index is 0.100. The lowest BCUT2D eigenvalue weighted by molar-refractivity contribution is -0.135. The number of aromatic nitrogens is 1. The van der Waals surface area contributed by atoms with Crippen LogP contribution in [-0.2, 0) is 16.6 Å². The first-order valence-corrected chi connectivity index (χ1v) is 12.0. The Morgan fingerprint density at radius 2 is 2.03 bits per heavy atom. The Kier molecular flexibility index (Phi) is 7.55. The van der Waals surface area contributed by atoms with Crippen LogP contribution in [0.2, 0.25) is 0 Å². The maximum absolute atomic E-state index is 12.7. The van der Waals surface area contributed by atoms with E-state index in [4.69, 9.17) is 4.98 Å². The number of thiazole rings is 1. The monoisotopic (exact) mass is 419 g/mol. The fraction of sp³-hybridized carbons (Fsp3) is 0.773. The van der Waals surface area contributed by atoms with Crippen LogP contribution in [0.5, 0.6) is 0 Å². The second-order valence-electron chi connectivity index (χ2n) is 9.37. The largest absolute Gasteiger partial charge is 0.356 e. The smallest absolute Gasteiger partial charge is 0.225 e. The van der Waals surface area contributed by atoms with E-state index < -0.39 is 0 Å². The first-order valence-electron chi connectivity index (χ1n) is 11.1. The van der Waals surface area contributed by atoms with E-state index in [9.17, 15) is 4.79 Å². The van der Waals surface area contributed by atoms with Gasteiger partial charge in [-0.25, -0.2) is 4.98 Å². The fourth-order valence-electron chi connectivity index (χ4n) is 4.13. The molecule has 7 heteroatoms. The quantitative estimate of drug-likeness (QED) is 0.567. The van der Waals surface area contributed by atoms with Gasteiger partial charge in [-0.05, 0) is 19.3 Å². The van der Waals surface area contributed by atoms with E-state index in [1.165, 1.54) is 19.3 Å². The third-order valence-electron chi connectivity index (χ3n) is 5.97. The van der Waals surface area contributed by atoms with Crippen molar-refractivity contribution in [2.45, 2.75) is 77.2 Å². The Labute approximate surface area is 179 Å². The number of carbonyl (C=O) groups is 1. The molecule has 162 valence electrons. The maximum atomic E-state index is 12.7. The molecule has 29 heavy (non-hydrogen) atoms. The molecule has 1 saturated carbocycles. The molecule has 0 radical (unpaired) electrons. The van der Waals surface area contributed by atoms with Crippen molar-refractivity contribution in [1.29, 1.82) is 0 Å². The Morgan fingerprint density at radius 3 is 2.69 bits per heavy atom. The van der Waals surface area contributed by atoms with Crippen LogP contribution in [0, 0.1) is 5.92 Å². The highest BCUT2D eigenvalue weighted by Gasteiger charge is 2.31. The van der Waals surface area contributed by atoms with E-state index >= 15 is 0 Å². The lowest BCUT2D eigenvalue weighted by Crippen LogP contribution is -2.46. The molecule has 1 aromatic rings. The van der Waals surface area contributed by atoms with Gasteiger partial charge in [-0.2, -0.15) is 0 Å². The summed E-state index contributed by atoms with van der Waals surface area (Å²) in [5, 5.41) is 10.2. The van der Waals surface area contributed by atoms with E-state index in [1.54, 1.807) is 18.4 Å². The van der Waals surface area contributed by atoms with E-state index in [-0.39, 0.29) is 17.4 Å². The number of nitrogens with zero attached hydrogens (tertiary/aromatic N) is 3. The molecule has 0 spiro atoms. The molecule has 1 aliphatic heterocycles. The summed E-state index contributed by atoms with van der Waals surface area (Å²) < 4.78 is 0. The van der Waals surface area contributed by atoms with Gasteiger partial charge in [-0.15, -0.1) is 11.3 Å². The minimum absolute atomic E-state index is 0.100. The van der Waals surface area contributed by atoms with E-state index in [1.807, 2.05) is 0 Å². The number of hydrogen-bond donors (Lipinski definition) is 2. The van der Waals surface area contributed by atoms with Gasteiger partial charge in [0.2, 0.25) is 5.91 Å². The summed E-state index contributed by atoms with van der Waals surface area (Å²) in [6.45, 7) is 9.03. The first kappa shape index (κ1) is 22.1. The van der Waals surface area contributed by atoms with Crippen molar-refractivity contribution in [3.05, 3.63) is 16.1 Å². The fourth-order valence-corrected chi connectivity index (χ4v) is 5.16. The molecule has 2 N–H and O–H groups in total. The number of nitrogens with one attached hydrogen (secondary N) is 2. The predicted molar refractivity (Wildman–Crippen MR) is 121 cm³/mol. The van der Waals surface area contributed by atoms with Gasteiger partial charge >= 0.3 is 0 Å². The maximum Gasteiger partial charge on any atom is 0.225 e. The van der Waals surface area contributed by atoms with Gasteiger partial charge < -0.3 is 15.5 Å². The zero-order valence-corrected chi connectivity index (χ0v) is 19.3. The van der Waals surface area contributed by atoms with Crippen LogP contribution in [0.1, 0.15) is 70.0 Å². The highest BCUT2D eigenvalue weighted by atomic mass is 32.1. The van der Waals surface area contributed by atoms with Crippen LogP contribution in [0.15, 0.2) is 10.4 Å². The zero-order valence-electron chi connectivity index (χ0n) is 18.5. The summed E-state index contributed by atoms with van der Waals surface area (Å²) in [5.41, 5.74) is 1.26. The average Bonchev–Trinajstić information content (AvgIpc) is 3.37. The van der Waals surface area contributed by atoms with Crippen molar-refractivity contribution in [2.75, 3.05) is 26.7 Å². The number of rotatable bonds is 5. The number of amides is 1. The van der Waals surface area contributed by atoms with Crippen molar-refractivity contribution in [3.63, 3.8) is 0 Å². The Morgan fingerprint density at radius 1 is 1.28 bits per heavy atom. The molecule has 1 aromatic heterocycles. The summed E-state index contributed by atoms with van der Waals surface area (Å²) in [5.74, 6) is 1.45. The molecule has 1 atom stereocenters. The highest BCUT2D eigenvalue weighted by Crippen LogP contribution is 2.27. The third-order valence-corrected chi connectivity index (χ3v) is 6.88. The molecule has 2 aliphatic rings. The highest BCUT2D eigenvalue weighted by molar-refractivity contribution is 7.09. The summed E-state index contributed by atoms with van der Waals surface area (Å²) in [6, 6.07) is 0.279. The van der Waals surface area contributed by atoms with Crippen molar-refractivity contribution in [1.82, 2.24) is 20.5 Å². The summed E-state index contributed by atoms with van der Waals surface area (Å²) in [6.07, 6.45) is 7.72. The van der Waals surface area contributed by atoms with E-state index in [2.05, 4.69) is 46.7 Å². The van der Waals surface area contributed by atoms with Gasteiger partial charge in [-0.3, -0.25) is 9.79 Å². The third kappa shape index (κ3) is 6.17. The SMILES string of the molecule is CN=C(NCCc1nc(C(C)(C)C)cs1)NC1CCN(C(=O)C2CCCCC2)C1. The van der Waals surface area contributed by atoms with E-state index in [0.717, 1.165) is 62.0 Å². The molecular weight excluding hydrogens is 382 g/mol. The van der Waals surface area contributed by atoms with E-state index in [0.29, 0.717) is 5.91 Å². The molecule has 3 rings (SSSR count). The second-order valence-corrected chi connectivity index (χ2v) is 10.3. The molecule has 1 amide bonds. The first-order chi connectivity index (χ1) is 13.9. The summed E-state index contributed by atoms with van der Waals surface area (Å²) >= 11 is 1.73. The predicted octanol–water partition coefficient (Wildman–Crippen LogP) is 3.33. The number of hydrogen-bond acceptors (Lipinski definition) is 4. The van der Waals surface area contributed by atoms with Crippen LogP contribution >= 0.6 is 11.3 Å². The zero-order chi connectivity index (χ0) is 20.9. The van der Waals surface area contributed by atoms with Crippen molar-refractivity contribution in [2.24, 2.45) is 10.9 Å². The summed E-state index contributed by atoms with van der Waals surface area (Å²) in [7, 11) is 1.80. The molecule has 1 saturated heterocycles. The number of aliphatic imine (C=N–C) groups is 1. The molecule has 0 bridgehead atoms.